The van der Waals surface area contributed by atoms with Gasteiger partial charge in [-0.2, -0.15) is 5.10 Å². The van der Waals surface area contributed by atoms with E-state index in [2.05, 4.69) is 5.10 Å². The summed E-state index contributed by atoms with van der Waals surface area (Å²) in [6.07, 6.45) is 3.75. The molecule has 2 rings (SSSR count). The number of nitrogens with two attached hydrogens (primary N) is 1. The summed E-state index contributed by atoms with van der Waals surface area (Å²) in [5, 5.41) is 4.33. The summed E-state index contributed by atoms with van der Waals surface area (Å²) < 4.78 is 6.94. The van der Waals surface area contributed by atoms with Gasteiger partial charge in [-0.25, -0.2) is 4.68 Å². The molecule has 1 unspecified atom stereocenters. The van der Waals surface area contributed by atoms with Crippen molar-refractivity contribution in [3.8, 4) is 5.69 Å². The van der Waals surface area contributed by atoms with Gasteiger partial charge in [0.25, 0.3) is 0 Å². The number of amides is 1. The zero-order valence-electron chi connectivity index (χ0n) is 13.0. The average Bonchev–Trinajstić information content (AvgIpc) is 3.01. The molecule has 2 N–H and O–H groups in total. The zero-order chi connectivity index (χ0) is 15.9. The summed E-state index contributed by atoms with van der Waals surface area (Å²) >= 11 is 0. The first-order valence-corrected chi connectivity index (χ1v) is 7.20. The summed E-state index contributed by atoms with van der Waals surface area (Å²) in [6.45, 7) is 0.842. The largest absolute Gasteiger partial charge is 0.380 e. The lowest BCUT2D eigenvalue weighted by atomic mass is 10.2. The van der Waals surface area contributed by atoms with Crippen LogP contribution in [0.2, 0.25) is 0 Å². The van der Waals surface area contributed by atoms with Crippen LogP contribution in [0, 0.1) is 0 Å². The monoisotopic (exact) mass is 302 g/mol. The quantitative estimate of drug-likeness (QED) is 0.834. The molecule has 2 aromatic rings. The van der Waals surface area contributed by atoms with Crippen LogP contribution in [0.15, 0.2) is 42.7 Å². The fourth-order valence-electron chi connectivity index (χ4n) is 2.14. The molecule has 22 heavy (non-hydrogen) atoms. The van der Waals surface area contributed by atoms with Crippen molar-refractivity contribution < 1.29 is 9.53 Å². The van der Waals surface area contributed by atoms with Crippen LogP contribution in [0.3, 0.4) is 0 Å². The van der Waals surface area contributed by atoms with E-state index in [9.17, 15) is 4.79 Å². The fraction of sp³-hybridized carbons (Fsp3) is 0.375. The van der Waals surface area contributed by atoms with Crippen molar-refractivity contribution in [1.29, 1.82) is 0 Å². The van der Waals surface area contributed by atoms with Gasteiger partial charge in [-0.05, 0) is 12.1 Å². The van der Waals surface area contributed by atoms with Crippen LogP contribution in [-0.2, 0) is 16.1 Å². The maximum Gasteiger partial charge on any atom is 0.225 e. The molecule has 0 aliphatic heterocycles. The third-order valence-electron chi connectivity index (χ3n) is 3.50. The van der Waals surface area contributed by atoms with Crippen molar-refractivity contribution in [3.05, 3.63) is 48.3 Å². The molecule has 0 saturated heterocycles. The van der Waals surface area contributed by atoms with E-state index in [1.807, 2.05) is 36.5 Å². The van der Waals surface area contributed by atoms with Gasteiger partial charge in [0.2, 0.25) is 5.91 Å². The molecule has 0 fully saturated rings. The number of hydrogen-bond acceptors (Lipinski definition) is 4. The molecule has 1 heterocycles. The number of carbonyl (C=O) groups is 1. The van der Waals surface area contributed by atoms with Crippen molar-refractivity contribution in [2.45, 2.75) is 19.1 Å². The van der Waals surface area contributed by atoms with E-state index in [0.29, 0.717) is 13.1 Å². The Morgan fingerprint density at radius 2 is 2.14 bits per heavy atom. The lowest BCUT2D eigenvalue weighted by Crippen LogP contribution is -2.33. The van der Waals surface area contributed by atoms with E-state index in [1.165, 1.54) is 0 Å². The van der Waals surface area contributed by atoms with E-state index in [-0.39, 0.29) is 18.4 Å². The SMILES string of the molecule is COC(CN)CC(=O)N(C)Cc1cnn(-c2ccccc2)c1. The second kappa shape index (κ2) is 7.72. The molecule has 6 nitrogen and oxygen atoms in total. The molecule has 6 heteroatoms. The zero-order valence-corrected chi connectivity index (χ0v) is 13.0. The molecule has 1 amide bonds. The van der Waals surface area contributed by atoms with Crippen LogP contribution < -0.4 is 5.73 Å². The van der Waals surface area contributed by atoms with Crippen LogP contribution >= 0.6 is 0 Å². The Morgan fingerprint density at radius 1 is 1.41 bits per heavy atom. The molecule has 1 aromatic heterocycles. The molecule has 118 valence electrons. The van der Waals surface area contributed by atoms with Crippen molar-refractivity contribution in [2.24, 2.45) is 5.73 Å². The smallest absolute Gasteiger partial charge is 0.225 e. The highest BCUT2D eigenvalue weighted by Gasteiger charge is 2.16. The number of hydrogen-bond donors (Lipinski definition) is 1. The van der Waals surface area contributed by atoms with Gasteiger partial charge in [0.15, 0.2) is 0 Å². The number of methoxy groups -OCH3 is 1. The number of aromatic nitrogens is 2. The lowest BCUT2D eigenvalue weighted by molar-refractivity contribution is -0.132. The van der Waals surface area contributed by atoms with E-state index in [4.69, 9.17) is 10.5 Å². The number of para-hydroxylation sites is 1. The van der Waals surface area contributed by atoms with Crippen LogP contribution in [0.1, 0.15) is 12.0 Å². The number of benzene rings is 1. The molecular formula is C16H22N4O2. The molecule has 0 aliphatic carbocycles. The normalized spacial score (nSPS) is 12.1. The topological polar surface area (TPSA) is 73.4 Å². The molecule has 1 aromatic carbocycles. The van der Waals surface area contributed by atoms with Crippen molar-refractivity contribution in [3.63, 3.8) is 0 Å². The van der Waals surface area contributed by atoms with Crippen molar-refractivity contribution in [1.82, 2.24) is 14.7 Å². The second-order valence-corrected chi connectivity index (χ2v) is 5.18. The standard InChI is InChI=1S/C16H22N4O2/c1-19(16(21)8-15(9-17)22-2)11-13-10-18-20(12-13)14-6-4-3-5-7-14/h3-7,10,12,15H,8-9,11,17H2,1-2H3. The first-order chi connectivity index (χ1) is 10.6. The van der Waals surface area contributed by atoms with Gasteiger partial charge >= 0.3 is 0 Å². The van der Waals surface area contributed by atoms with Gasteiger partial charge in [-0.1, -0.05) is 18.2 Å². The summed E-state index contributed by atoms with van der Waals surface area (Å²) in [5.41, 5.74) is 7.51. The third kappa shape index (κ3) is 4.16. The Kier molecular flexibility index (Phi) is 5.68. The fourth-order valence-corrected chi connectivity index (χ4v) is 2.14. The maximum absolute atomic E-state index is 12.1. The second-order valence-electron chi connectivity index (χ2n) is 5.18. The van der Waals surface area contributed by atoms with Crippen molar-refractivity contribution >= 4 is 5.91 Å². The number of nitrogens with zero attached hydrogens (tertiary/aromatic N) is 3. The molecule has 0 aliphatic rings. The molecular weight excluding hydrogens is 280 g/mol. The van der Waals surface area contributed by atoms with E-state index >= 15 is 0 Å². The average molecular weight is 302 g/mol. The van der Waals surface area contributed by atoms with Crippen LogP contribution in [0.4, 0.5) is 0 Å². The Hall–Kier alpha value is -2.18. The van der Waals surface area contributed by atoms with Gasteiger partial charge in [0.1, 0.15) is 0 Å². The lowest BCUT2D eigenvalue weighted by Gasteiger charge is -2.19. The highest BCUT2D eigenvalue weighted by molar-refractivity contribution is 5.76. The van der Waals surface area contributed by atoms with E-state index in [0.717, 1.165) is 11.3 Å². The molecule has 0 saturated carbocycles. The summed E-state index contributed by atoms with van der Waals surface area (Å²) in [7, 11) is 3.33. The van der Waals surface area contributed by atoms with Crippen molar-refractivity contribution in [2.75, 3.05) is 20.7 Å². The summed E-state index contributed by atoms with van der Waals surface area (Å²) in [4.78, 5) is 13.8. The minimum absolute atomic E-state index is 0.00441. The Balaban J connectivity index is 1.96. The maximum atomic E-state index is 12.1. The van der Waals surface area contributed by atoms with Gasteiger partial charge in [0, 0.05) is 39.0 Å². The minimum atomic E-state index is -0.234. The van der Waals surface area contributed by atoms with Crippen LogP contribution in [0.25, 0.3) is 5.69 Å². The van der Waals surface area contributed by atoms with E-state index in [1.54, 1.807) is 29.9 Å². The van der Waals surface area contributed by atoms with Gasteiger partial charge < -0.3 is 15.4 Å². The van der Waals surface area contributed by atoms with Gasteiger partial charge in [-0.15, -0.1) is 0 Å². The summed E-state index contributed by atoms with van der Waals surface area (Å²) in [6, 6.07) is 9.85. The highest BCUT2D eigenvalue weighted by Crippen LogP contribution is 2.10. The molecule has 0 radical (unpaired) electrons. The van der Waals surface area contributed by atoms with E-state index < -0.39 is 0 Å². The Labute approximate surface area is 130 Å². The summed E-state index contributed by atoms with van der Waals surface area (Å²) in [5.74, 6) is 0.00441. The predicted molar refractivity (Wildman–Crippen MR) is 84.5 cm³/mol. The van der Waals surface area contributed by atoms with Crippen LogP contribution in [0.5, 0.6) is 0 Å². The highest BCUT2D eigenvalue weighted by atomic mass is 16.5. The molecule has 0 spiro atoms. The predicted octanol–water partition coefficient (Wildman–Crippen LogP) is 1.19. The number of rotatable bonds is 7. The number of ether oxygens (including phenoxy) is 1. The van der Waals surface area contributed by atoms with Gasteiger partial charge in [-0.3, -0.25) is 4.79 Å². The number of carbonyl (C=O) groups excluding carboxylic acids is 1. The first kappa shape index (κ1) is 16.2. The molecule has 1 atom stereocenters. The minimum Gasteiger partial charge on any atom is -0.380 e. The Morgan fingerprint density at radius 3 is 2.77 bits per heavy atom. The first-order valence-electron chi connectivity index (χ1n) is 7.20. The van der Waals surface area contributed by atoms with Gasteiger partial charge in [0.05, 0.1) is 24.4 Å². The molecule has 0 bridgehead atoms. The van der Waals surface area contributed by atoms with Crippen LogP contribution in [-0.4, -0.2) is 47.4 Å². The third-order valence-corrected chi connectivity index (χ3v) is 3.50. The Bertz CT molecular complexity index is 593.